The third-order valence-electron chi connectivity index (χ3n) is 4.84. The number of carbonyl (C=O) groups is 2. The summed E-state index contributed by atoms with van der Waals surface area (Å²) in [5.74, 6) is 0.854. The third-order valence-corrected chi connectivity index (χ3v) is 4.84. The van der Waals surface area contributed by atoms with Gasteiger partial charge in [0.1, 0.15) is 5.76 Å². The predicted molar refractivity (Wildman–Crippen MR) is 95.0 cm³/mol. The minimum absolute atomic E-state index is 0.00651. The van der Waals surface area contributed by atoms with E-state index in [2.05, 4.69) is 22.7 Å². The zero-order valence-electron chi connectivity index (χ0n) is 15.4. The number of nitrogens with one attached hydrogen (secondary N) is 2. The monoisotopic (exact) mass is 350 g/mol. The predicted octanol–water partition coefficient (Wildman–Crippen LogP) is 1.77. The maximum absolute atomic E-state index is 12.4. The fourth-order valence-electron chi connectivity index (χ4n) is 3.44. The van der Waals surface area contributed by atoms with Gasteiger partial charge >= 0.3 is 0 Å². The molecule has 1 fully saturated rings. The molecule has 4 N–H and O–H groups in total. The minimum atomic E-state index is -0.189. The van der Waals surface area contributed by atoms with Gasteiger partial charge in [-0.1, -0.05) is 25.4 Å². The maximum atomic E-state index is 12.4. The van der Waals surface area contributed by atoms with Crippen LogP contribution in [0.1, 0.15) is 69.1 Å². The van der Waals surface area contributed by atoms with Crippen molar-refractivity contribution < 1.29 is 14.1 Å². The van der Waals surface area contributed by atoms with Crippen LogP contribution in [0.15, 0.2) is 10.6 Å². The highest BCUT2D eigenvalue weighted by Crippen LogP contribution is 2.27. The first-order chi connectivity index (χ1) is 11.9. The molecule has 4 atom stereocenters. The summed E-state index contributed by atoms with van der Waals surface area (Å²) in [4.78, 5) is 24.3. The van der Waals surface area contributed by atoms with Gasteiger partial charge in [0.2, 0.25) is 5.91 Å². The molecule has 1 saturated carbocycles. The van der Waals surface area contributed by atoms with E-state index >= 15 is 0 Å². The third kappa shape index (κ3) is 5.56. The number of aryl methyl sites for hydroxylation is 1. The average Bonchev–Trinajstić information content (AvgIpc) is 3.04. The Hall–Kier alpha value is -1.89. The first-order valence-corrected chi connectivity index (χ1v) is 9.24. The highest BCUT2D eigenvalue weighted by molar-refractivity contribution is 5.92. The summed E-state index contributed by atoms with van der Waals surface area (Å²) in [5, 5.41) is 9.99. The Bertz CT molecular complexity index is 585. The maximum Gasteiger partial charge on any atom is 0.273 e. The molecule has 1 aliphatic carbocycles. The molecule has 0 bridgehead atoms. The van der Waals surface area contributed by atoms with Crippen LogP contribution < -0.4 is 16.4 Å². The Kier molecular flexibility index (Phi) is 6.99. The molecule has 0 spiro atoms. The first-order valence-electron chi connectivity index (χ1n) is 9.24. The molecule has 1 heterocycles. The van der Waals surface area contributed by atoms with Gasteiger partial charge in [0.25, 0.3) is 5.91 Å². The Morgan fingerprint density at radius 3 is 2.72 bits per heavy atom. The standard InChI is InChI=1S/C18H30N4O3/c1-4-12-9-13(20-17(23)8-11(3)19)6-7-15(12)21-18(24)16-10-14(5-2)25-22-16/h10-13,15H,4-9,19H2,1-3H3,(H,20,23)(H,21,24)/t11?,12-,13+,15+/m0/s1. The van der Waals surface area contributed by atoms with Crippen molar-refractivity contribution in [1.82, 2.24) is 15.8 Å². The number of amides is 2. The zero-order chi connectivity index (χ0) is 18.4. The van der Waals surface area contributed by atoms with Crippen LogP contribution in [0.25, 0.3) is 0 Å². The molecule has 0 radical (unpaired) electrons. The van der Waals surface area contributed by atoms with Gasteiger partial charge in [0.05, 0.1) is 0 Å². The molecule has 1 aromatic heterocycles. The molecule has 2 amide bonds. The molecule has 0 aromatic carbocycles. The molecule has 1 unspecified atom stereocenters. The van der Waals surface area contributed by atoms with E-state index in [1.165, 1.54) is 0 Å². The van der Waals surface area contributed by atoms with Crippen LogP contribution >= 0.6 is 0 Å². The normalized spacial score (nSPS) is 24.6. The van der Waals surface area contributed by atoms with Crippen molar-refractivity contribution >= 4 is 11.8 Å². The quantitative estimate of drug-likeness (QED) is 0.694. The summed E-state index contributed by atoms with van der Waals surface area (Å²) < 4.78 is 5.10. The van der Waals surface area contributed by atoms with Crippen LogP contribution in [0.2, 0.25) is 0 Å². The lowest BCUT2D eigenvalue weighted by molar-refractivity contribution is -0.122. The van der Waals surface area contributed by atoms with E-state index in [-0.39, 0.29) is 29.9 Å². The minimum Gasteiger partial charge on any atom is -0.361 e. The first kappa shape index (κ1) is 19.4. The SMILES string of the molecule is CCc1cc(C(=O)N[C@@H]2CC[C@@H](NC(=O)CC(C)N)C[C@@H]2CC)no1. The van der Waals surface area contributed by atoms with Crippen molar-refractivity contribution in [3.8, 4) is 0 Å². The van der Waals surface area contributed by atoms with Crippen molar-refractivity contribution in [1.29, 1.82) is 0 Å². The van der Waals surface area contributed by atoms with Crippen molar-refractivity contribution in [2.24, 2.45) is 11.7 Å². The Balaban J connectivity index is 1.88. The fourth-order valence-corrected chi connectivity index (χ4v) is 3.44. The highest BCUT2D eigenvalue weighted by Gasteiger charge is 2.31. The molecule has 25 heavy (non-hydrogen) atoms. The second kappa shape index (κ2) is 8.99. The van der Waals surface area contributed by atoms with Gasteiger partial charge in [-0.2, -0.15) is 0 Å². The fraction of sp³-hybridized carbons (Fsp3) is 0.722. The Morgan fingerprint density at radius 2 is 2.12 bits per heavy atom. The van der Waals surface area contributed by atoms with Gasteiger partial charge in [-0.15, -0.1) is 0 Å². The number of aromatic nitrogens is 1. The number of hydrogen-bond acceptors (Lipinski definition) is 5. The van der Waals surface area contributed by atoms with Gasteiger partial charge < -0.3 is 20.9 Å². The number of carbonyl (C=O) groups excluding carboxylic acids is 2. The molecule has 1 aromatic rings. The largest absolute Gasteiger partial charge is 0.361 e. The number of nitrogens with zero attached hydrogens (tertiary/aromatic N) is 1. The van der Waals surface area contributed by atoms with E-state index in [0.29, 0.717) is 30.2 Å². The summed E-state index contributed by atoms with van der Waals surface area (Å²) in [6, 6.07) is 1.81. The van der Waals surface area contributed by atoms with Gasteiger partial charge in [-0.3, -0.25) is 9.59 Å². The van der Waals surface area contributed by atoms with Crippen LogP contribution in [0.3, 0.4) is 0 Å². The Labute approximate surface area is 149 Å². The summed E-state index contributed by atoms with van der Waals surface area (Å²) in [6.07, 6.45) is 4.56. The van der Waals surface area contributed by atoms with E-state index < -0.39 is 0 Å². The lowest BCUT2D eigenvalue weighted by Gasteiger charge is -2.36. The van der Waals surface area contributed by atoms with Crippen molar-refractivity contribution in [3.05, 3.63) is 17.5 Å². The van der Waals surface area contributed by atoms with E-state index in [1.807, 2.05) is 13.8 Å². The Morgan fingerprint density at radius 1 is 1.36 bits per heavy atom. The molecule has 0 saturated heterocycles. The highest BCUT2D eigenvalue weighted by atomic mass is 16.5. The number of hydrogen-bond donors (Lipinski definition) is 3. The van der Waals surface area contributed by atoms with Crippen molar-refractivity contribution in [3.63, 3.8) is 0 Å². The summed E-state index contributed by atoms with van der Waals surface area (Å²) in [5.41, 5.74) is 6.01. The lowest BCUT2D eigenvalue weighted by atomic mass is 9.80. The second-order valence-corrected chi connectivity index (χ2v) is 7.04. The molecule has 7 nitrogen and oxygen atoms in total. The van der Waals surface area contributed by atoms with E-state index in [9.17, 15) is 9.59 Å². The van der Waals surface area contributed by atoms with E-state index in [1.54, 1.807) is 6.07 Å². The van der Waals surface area contributed by atoms with Crippen molar-refractivity contribution in [2.75, 3.05) is 0 Å². The van der Waals surface area contributed by atoms with Crippen LogP contribution in [0.4, 0.5) is 0 Å². The molecule has 2 rings (SSSR count). The number of rotatable bonds is 7. The number of nitrogens with two attached hydrogens (primary N) is 1. The average molecular weight is 350 g/mol. The summed E-state index contributed by atoms with van der Waals surface area (Å²) in [6.45, 7) is 5.90. The molecule has 7 heteroatoms. The summed E-state index contributed by atoms with van der Waals surface area (Å²) in [7, 11) is 0. The van der Waals surface area contributed by atoms with Crippen LogP contribution in [-0.2, 0) is 11.2 Å². The van der Waals surface area contributed by atoms with Gasteiger partial charge in [-0.05, 0) is 32.1 Å². The zero-order valence-corrected chi connectivity index (χ0v) is 15.4. The topological polar surface area (TPSA) is 110 Å². The van der Waals surface area contributed by atoms with E-state index in [0.717, 1.165) is 25.7 Å². The second-order valence-electron chi connectivity index (χ2n) is 7.04. The van der Waals surface area contributed by atoms with E-state index in [4.69, 9.17) is 10.3 Å². The molecule has 1 aliphatic rings. The molecular formula is C18H30N4O3. The van der Waals surface area contributed by atoms with Gasteiger partial charge in [0.15, 0.2) is 5.69 Å². The molecule has 0 aliphatic heterocycles. The summed E-state index contributed by atoms with van der Waals surface area (Å²) >= 11 is 0. The van der Waals surface area contributed by atoms with Crippen LogP contribution in [0.5, 0.6) is 0 Å². The van der Waals surface area contributed by atoms with Gasteiger partial charge in [-0.25, -0.2) is 0 Å². The molecule has 140 valence electrons. The molecular weight excluding hydrogens is 320 g/mol. The van der Waals surface area contributed by atoms with Crippen LogP contribution in [0, 0.1) is 5.92 Å². The van der Waals surface area contributed by atoms with Crippen molar-refractivity contribution in [2.45, 2.75) is 77.4 Å². The smallest absolute Gasteiger partial charge is 0.273 e. The van der Waals surface area contributed by atoms with Crippen LogP contribution in [-0.4, -0.2) is 35.1 Å². The van der Waals surface area contributed by atoms with Gasteiger partial charge in [0, 0.05) is 37.0 Å². The lowest BCUT2D eigenvalue weighted by Crippen LogP contribution is -2.49.